The molecule has 3 aromatic rings. The smallest absolute Gasteiger partial charge is 0.407 e. The minimum absolute atomic E-state index is 0.0124. The maximum atomic E-state index is 11.2. The number of amides is 1. The van der Waals surface area contributed by atoms with Crippen molar-refractivity contribution in [3.05, 3.63) is 11.3 Å². The van der Waals surface area contributed by atoms with Crippen LogP contribution < -0.4 is 10.5 Å². The zero-order valence-corrected chi connectivity index (χ0v) is 17.0. The van der Waals surface area contributed by atoms with Gasteiger partial charge in [-0.1, -0.05) is 11.6 Å². The summed E-state index contributed by atoms with van der Waals surface area (Å²) in [5.74, 6) is 1.79. The highest BCUT2D eigenvalue weighted by molar-refractivity contribution is 8.00. The summed E-state index contributed by atoms with van der Waals surface area (Å²) >= 11 is 7.95. The van der Waals surface area contributed by atoms with Crippen LogP contribution >= 0.6 is 23.4 Å². The van der Waals surface area contributed by atoms with Crippen LogP contribution in [-0.4, -0.2) is 71.6 Å². The Morgan fingerprint density at radius 1 is 1.52 bits per heavy atom. The van der Waals surface area contributed by atoms with E-state index in [-0.39, 0.29) is 16.2 Å². The van der Waals surface area contributed by atoms with Crippen molar-refractivity contribution >= 4 is 46.3 Å². The quantitative estimate of drug-likeness (QED) is 0.567. The molecule has 13 heteroatoms. The third kappa shape index (κ3) is 3.65. The van der Waals surface area contributed by atoms with Gasteiger partial charge in [-0.05, 0) is 17.2 Å². The summed E-state index contributed by atoms with van der Waals surface area (Å²) in [7, 11) is 0. The van der Waals surface area contributed by atoms with Crippen LogP contribution in [0.2, 0.25) is 5.15 Å². The minimum atomic E-state index is -0.918. The molecule has 154 valence electrons. The predicted octanol–water partition coefficient (Wildman–Crippen LogP) is 2.21. The number of rotatable bonds is 5. The highest BCUT2D eigenvalue weighted by Crippen LogP contribution is 2.35. The molecule has 4 heterocycles. The van der Waals surface area contributed by atoms with Crippen LogP contribution in [0.5, 0.6) is 5.75 Å². The summed E-state index contributed by atoms with van der Waals surface area (Å²) in [5.41, 5.74) is 7.25. The van der Waals surface area contributed by atoms with Crippen LogP contribution in [-0.2, 0) is 6.54 Å². The molecule has 0 saturated carbocycles. The van der Waals surface area contributed by atoms with Gasteiger partial charge in [-0.15, -0.1) is 0 Å². The lowest BCUT2D eigenvalue weighted by Crippen LogP contribution is -2.43. The molecule has 0 radical (unpaired) electrons. The van der Waals surface area contributed by atoms with Gasteiger partial charge in [0.15, 0.2) is 28.2 Å². The number of nitrogens with two attached hydrogens (primary N) is 1. The van der Waals surface area contributed by atoms with E-state index < -0.39 is 6.09 Å². The lowest BCUT2D eigenvalue weighted by molar-refractivity contribution is 0.143. The lowest BCUT2D eigenvalue weighted by atomic mass is 10.3. The number of halogens is 1. The Morgan fingerprint density at radius 3 is 3.03 bits per heavy atom. The van der Waals surface area contributed by atoms with E-state index in [1.54, 1.807) is 11.8 Å². The molecule has 29 heavy (non-hydrogen) atoms. The molecule has 1 aliphatic heterocycles. The van der Waals surface area contributed by atoms with Crippen LogP contribution in [0.3, 0.4) is 0 Å². The van der Waals surface area contributed by atoms with Crippen molar-refractivity contribution in [2.75, 3.05) is 31.2 Å². The fourth-order valence-electron chi connectivity index (χ4n) is 3.21. The fraction of sp³-hybridized carbons (Fsp3) is 0.438. The Hall–Kier alpha value is -2.73. The Kier molecular flexibility index (Phi) is 5.37. The molecule has 4 rings (SSSR count). The van der Waals surface area contributed by atoms with Crippen molar-refractivity contribution in [3.63, 3.8) is 0 Å². The van der Waals surface area contributed by atoms with Gasteiger partial charge in [0.1, 0.15) is 17.6 Å². The van der Waals surface area contributed by atoms with Crippen LogP contribution in [0.1, 0.15) is 6.92 Å². The van der Waals surface area contributed by atoms with E-state index in [0.717, 1.165) is 5.75 Å². The molecule has 0 aliphatic carbocycles. The highest BCUT2D eigenvalue weighted by Gasteiger charge is 2.26. The Bertz CT molecular complexity index is 1060. The first-order valence-corrected chi connectivity index (χ1v) is 10.3. The summed E-state index contributed by atoms with van der Waals surface area (Å²) in [5, 5.41) is 16.9. The molecule has 3 aromatic heterocycles. The van der Waals surface area contributed by atoms with Crippen LogP contribution in [0, 0.1) is 0 Å². The molecule has 1 aliphatic rings. The van der Waals surface area contributed by atoms with Gasteiger partial charge in [-0.2, -0.15) is 11.8 Å². The van der Waals surface area contributed by atoms with Crippen LogP contribution in [0.25, 0.3) is 22.6 Å². The van der Waals surface area contributed by atoms with Gasteiger partial charge in [-0.3, -0.25) is 0 Å². The van der Waals surface area contributed by atoms with E-state index in [1.165, 1.54) is 11.1 Å². The third-order valence-corrected chi connectivity index (χ3v) is 6.02. The summed E-state index contributed by atoms with van der Waals surface area (Å²) < 4.78 is 12.6. The number of hydrogen-bond donors (Lipinski definition) is 2. The number of pyridine rings is 1. The van der Waals surface area contributed by atoms with Gasteiger partial charge in [0, 0.05) is 25.4 Å². The third-order valence-electron chi connectivity index (χ3n) is 4.57. The van der Waals surface area contributed by atoms with Gasteiger partial charge in [0.2, 0.25) is 0 Å². The second-order valence-corrected chi connectivity index (χ2v) is 8.09. The van der Waals surface area contributed by atoms with Crippen LogP contribution in [0.15, 0.2) is 10.8 Å². The maximum absolute atomic E-state index is 11.2. The minimum Gasteiger partial charge on any atom is -0.488 e. The number of aryl methyl sites for hydroxylation is 1. The number of anilines is 1. The van der Waals surface area contributed by atoms with E-state index in [9.17, 15) is 9.90 Å². The number of nitrogen functional groups attached to an aromatic ring is 1. The number of hydrogen-bond acceptors (Lipinski definition) is 9. The van der Waals surface area contributed by atoms with E-state index in [1.807, 2.05) is 11.5 Å². The second kappa shape index (κ2) is 7.95. The predicted molar refractivity (Wildman–Crippen MR) is 107 cm³/mol. The van der Waals surface area contributed by atoms with Gasteiger partial charge in [0.25, 0.3) is 0 Å². The van der Waals surface area contributed by atoms with Gasteiger partial charge in [0.05, 0.1) is 11.4 Å². The summed E-state index contributed by atoms with van der Waals surface area (Å²) in [6, 6.07) is 0. The van der Waals surface area contributed by atoms with Crippen LogP contribution in [0.4, 0.5) is 10.6 Å². The first-order valence-electron chi connectivity index (χ1n) is 8.85. The summed E-state index contributed by atoms with van der Waals surface area (Å²) in [6.45, 7) is 3.73. The monoisotopic (exact) mass is 439 g/mol. The SMILES string of the molecule is CCn1c(-c2nonc2N)nc2c(Cl)ncc(OCC3CN(C(=O)O)CCS3)c21. The Balaban J connectivity index is 1.66. The molecule has 0 spiro atoms. The van der Waals surface area contributed by atoms with Gasteiger partial charge >= 0.3 is 6.09 Å². The maximum Gasteiger partial charge on any atom is 0.407 e. The lowest BCUT2D eigenvalue weighted by Gasteiger charge is -2.30. The van der Waals surface area contributed by atoms with E-state index in [2.05, 4.69) is 20.3 Å². The Labute approximate surface area is 174 Å². The zero-order chi connectivity index (χ0) is 20.5. The molecule has 1 amide bonds. The standard InChI is InChI=1S/C16H18ClN7O4S/c1-2-24-12-9(27-7-8-6-23(16(25)26)3-4-29-8)5-19-13(17)10(12)20-15(24)11-14(18)22-28-21-11/h5,8H,2-4,6-7H2,1H3,(H2,18,22)(H,25,26). The number of thioether (sulfide) groups is 1. The molecule has 1 unspecified atom stereocenters. The van der Waals surface area contributed by atoms with E-state index in [4.69, 9.17) is 26.7 Å². The molecular weight excluding hydrogens is 422 g/mol. The first-order chi connectivity index (χ1) is 14.0. The van der Waals surface area contributed by atoms with E-state index >= 15 is 0 Å². The number of imidazole rings is 1. The molecule has 0 aromatic carbocycles. The van der Waals surface area contributed by atoms with Crippen molar-refractivity contribution < 1.29 is 19.3 Å². The summed E-state index contributed by atoms with van der Waals surface area (Å²) in [4.78, 5) is 21.3. The normalized spacial score (nSPS) is 17.0. The number of carbonyl (C=O) groups is 1. The average molecular weight is 440 g/mol. The van der Waals surface area contributed by atoms with Crippen molar-refractivity contribution in [3.8, 4) is 17.3 Å². The van der Waals surface area contributed by atoms with Crippen molar-refractivity contribution in [1.82, 2.24) is 29.7 Å². The Morgan fingerprint density at radius 2 is 2.34 bits per heavy atom. The topological polar surface area (TPSA) is 145 Å². The number of fused-ring (bicyclic) bond motifs is 1. The molecule has 11 nitrogen and oxygen atoms in total. The van der Waals surface area contributed by atoms with Gasteiger partial charge < -0.3 is 25.0 Å². The van der Waals surface area contributed by atoms with Crippen molar-refractivity contribution in [2.45, 2.75) is 18.7 Å². The van der Waals surface area contributed by atoms with Crippen molar-refractivity contribution in [1.29, 1.82) is 0 Å². The second-order valence-electron chi connectivity index (χ2n) is 6.32. The molecule has 1 atom stereocenters. The number of nitrogens with zero attached hydrogens (tertiary/aromatic N) is 6. The molecule has 1 saturated heterocycles. The highest BCUT2D eigenvalue weighted by atomic mass is 35.5. The molecule has 1 fully saturated rings. The number of carboxylic acid groups (broad SMARTS) is 1. The van der Waals surface area contributed by atoms with Crippen molar-refractivity contribution in [2.24, 2.45) is 0 Å². The molecule has 0 bridgehead atoms. The first kappa shape index (κ1) is 19.6. The largest absolute Gasteiger partial charge is 0.488 e. The summed E-state index contributed by atoms with van der Waals surface area (Å²) in [6.07, 6.45) is 0.619. The van der Waals surface area contributed by atoms with Gasteiger partial charge in [-0.25, -0.2) is 19.4 Å². The zero-order valence-electron chi connectivity index (χ0n) is 15.4. The molecular formula is C16H18ClN7O4S. The number of ether oxygens (including phenoxy) is 1. The fourth-order valence-corrected chi connectivity index (χ4v) is 4.49. The number of aromatic nitrogens is 5. The average Bonchev–Trinajstić information content (AvgIpc) is 3.31. The van der Waals surface area contributed by atoms with E-state index in [0.29, 0.717) is 54.5 Å². The molecule has 3 N–H and O–H groups in total.